The van der Waals surface area contributed by atoms with Crippen molar-refractivity contribution in [3.63, 3.8) is 0 Å². The summed E-state index contributed by atoms with van der Waals surface area (Å²) in [7, 11) is 0. The van der Waals surface area contributed by atoms with Crippen molar-refractivity contribution < 1.29 is 19.5 Å². The Morgan fingerprint density at radius 3 is 2.58 bits per heavy atom. The van der Waals surface area contributed by atoms with Gasteiger partial charge in [-0.15, -0.1) is 0 Å². The molecule has 102 valence electrons. The third-order valence-corrected chi connectivity index (χ3v) is 2.35. The van der Waals surface area contributed by atoms with E-state index in [4.69, 9.17) is 22.4 Å². The Hall–Kier alpha value is -2.28. The number of nitrogens with two attached hydrogens (primary N) is 1. The largest absolute Gasteiger partial charge is 0.478 e. The summed E-state index contributed by atoms with van der Waals surface area (Å²) < 4.78 is 0. The standard InChI is InChI=1S/C11H12ClN3O4/c12-6-1-2-7(10(17)18)8(5-6)15-11(19)14-4-3-9(13)16/h1-2,5H,3-4H2,(H2,13,16)(H,17,18)(H2,14,15,19). The summed E-state index contributed by atoms with van der Waals surface area (Å²) in [4.78, 5) is 32.9. The second kappa shape index (κ2) is 6.60. The van der Waals surface area contributed by atoms with Gasteiger partial charge in [-0.2, -0.15) is 0 Å². The van der Waals surface area contributed by atoms with Crippen LogP contribution in [0.1, 0.15) is 16.8 Å². The lowest BCUT2D eigenvalue weighted by atomic mass is 10.2. The topological polar surface area (TPSA) is 122 Å². The number of hydrogen-bond donors (Lipinski definition) is 4. The summed E-state index contributed by atoms with van der Waals surface area (Å²) >= 11 is 5.73. The number of hydrogen-bond acceptors (Lipinski definition) is 3. The number of anilines is 1. The molecule has 0 fully saturated rings. The number of benzene rings is 1. The molecule has 0 saturated carbocycles. The molecule has 0 aliphatic rings. The molecule has 0 aliphatic carbocycles. The molecule has 0 heterocycles. The van der Waals surface area contributed by atoms with Crippen LogP contribution in [-0.4, -0.2) is 29.6 Å². The fraction of sp³-hybridized carbons (Fsp3) is 0.182. The number of carbonyl (C=O) groups is 3. The second-order valence-electron chi connectivity index (χ2n) is 3.59. The molecule has 1 rings (SSSR count). The third-order valence-electron chi connectivity index (χ3n) is 2.12. The van der Waals surface area contributed by atoms with Crippen molar-refractivity contribution in [2.45, 2.75) is 6.42 Å². The first-order valence-electron chi connectivity index (χ1n) is 5.26. The molecule has 3 amide bonds. The normalized spacial score (nSPS) is 9.74. The van der Waals surface area contributed by atoms with Gasteiger partial charge in [0.05, 0.1) is 11.3 Å². The van der Waals surface area contributed by atoms with Gasteiger partial charge in [-0.1, -0.05) is 11.6 Å². The zero-order valence-electron chi connectivity index (χ0n) is 9.77. The summed E-state index contributed by atoms with van der Waals surface area (Å²) in [6, 6.07) is 3.36. The minimum Gasteiger partial charge on any atom is -0.478 e. The number of nitrogens with one attached hydrogen (secondary N) is 2. The predicted octanol–water partition coefficient (Wildman–Crippen LogP) is 1.04. The zero-order valence-corrected chi connectivity index (χ0v) is 10.5. The van der Waals surface area contributed by atoms with E-state index in [9.17, 15) is 14.4 Å². The molecule has 0 unspecified atom stereocenters. The molecule has 0 spiro atoms. The molecule has 7 nitrogen and oxygen atoms in total. The quantitative estimate of drug-likeness (QED) is 0.645. The van der Waals surface area contributed by atoms with Gasteiger partial charge in [0.25, 0.3) is 0 Å². The number of urea groups is 1. The first-order chi connectivity index (χ1) is 8.90. The third kappa shape index (κ3) is 4.84. The Labute approximate surface area is 113 Å². The molecule has 1 aromatic rings. The van der Waals surface area contributed by atoms with Crippen LogP contribution in [0.3, 0.4) is 0 Å². The fourth-order valence-corrected chi connectivity index (χ4v) is 1.44. The summed E-state index contributed by atoms with van der Waals surface area (Å²) in [5, 5.41) is 13.9. The molecule has 1 aromatic carbocycles. The molecule has 0 saturated heterocycles. The number of carboxylic acids is 1. The number of carbonyl (C=O) groups excluding carboxylic acids is 2. The van der Waals surface area contributed by atoms with Crippen molar-refractivity contribution in [2.75, 3.05) is 11.9 Å². The summed E-state index contributed by atoms with van der Waals surface area (Å²) in [5.41, 5.74) is 4.89. The van der Waals surface area contributed by atoms with Gasteiger partial charge in [0.15, 0.2) is 0 Å². The van der Waals surface area contributed by atoms with E-state index in [2.05, 4.69) is 10.6 Å². The number of amides is 3. The fourth-order valence-electron chi connectivity index (χ4n) is 1.27. The molecule has 0 bridgehead atoms. The van der Waals surface area contributed by atoms with Crippen molar-refractivity contribution in [3.8, 4) is 0 Å². The maximum atomic E-state index is 11.5. The van der Waals surface area contributed by atoms with Crippen LogP contribution in [-0.2, 0) is 4.79 Å². The Bertz CT molecular complexity index is 519. The van der Waals surface area contributed by atoms with E-state index >= 15 is 0 Å². The van der Waals surface area contributed by atoms with E-state index in [0.717, 1.165) is 0 Å². The molecule has 0 radical (unpaired) electrons. The van der Waals surface area contributed by atoms with Gasteiger partial charge in [0.1, 0.15) is 0 Å². The van der Waals surface area contributed by atoms with Crippen LogP contribution in [0, 0.1) is 0 Å². The Morgan fingerprint density at radius 2 is 2.00 bits per heavy atom. The van der Waals surface area contributed by atoms with Crippen molar-refractivity contribution in [3.05, 3.63) is 28.8 Å². The molecule has 19 heavy (non-hydrogen) atoms. The maximum absolute atomic E-state index is 11.5. The number of carboxylic acid groups (broad SMARTS) is 1. The van der Waals surface area contributed by atoms with Crippen LogP contribution in [0.4, 0.5) is 10.5 Å². The van der Waals surface area contributed by atoms with Crippen LogP contribution < -0.4 is 16.4 Å². The number of halogens is 1. The smallest absolute Gasteiger partial charge is 0.337 e. The summed E-state index contributed by atoms with van der Waals surface area (Å²) in [5.74, 6) is -1.74. The highest BCUT2D eigenvalue weighted by molar-refractivity contribution is 6.31. The van der Waals surface area contributed by atoms with Crippen LogP contribution >= 0.6 is 11.6 Å². The first kappa shape index (κ1) is 14.8. The van der Waals surface area contributed by atoms with E-state index in [0.29, 0.717) is 0 Å². The van der Waals surface area contributed by atoms with Crippen LogP contribution in [0.2, 0.25) is 5.02 Å². The highest BCUT2D eigenvalue weighted by Crippen LogP contribution is 2.21. The molecule has 0 aromatic heterocycles. The lowest BCUT2D eigenvalue weighted by Gasteiger charge is -2.09. The Kier molecular flexibility index (Phi) is 5.13. The average Bonchev–Trinajstić information content (AvgIpc) is 2.27. The minimum absolute atomic E-state index is 0.00520. The van der Waals surface area contributed by atoms with Crippen LogP contribution in [0.5, 0.6) is 0 Å². The van der Waals surface area contributed by atoms with Crippen LogP contribution in [0.15, 0.2) is 18.2 Å². The SMILES string of the molecule is NC(=O)CCNC(=O)Nc1cc(Cl)ccc1C(=O)O. The van der Waals surface area contributed by atoms with Gasteiger partial charge in [0.2, 0.25) is 5.91 Å². The second-order valence-corrected chi connectivity index (χ2v) is 4.03. The highest BCUT2D eigenvalue weighted by atomic mass is 35.5. The van der Waals surface area contributed by atoms with Gasteiger partial charge in [-0.25, -0.2) is 9.59 Å². The first-order valence-corrected chi connectivity index (χ1v) is 5.64. The van der Waals surface area contributed by atoms with E-state index in [1.54, 1.807) is 0 Å². The Morgan fingerprint density at radius 1 is 1.32 bits per heavy atom. The zero-order chi connectivity index (χ0) is 14.4. The van der Waals surface area contributed by atoms with Crippen molar-refractivity contribution >= 4 is 35.2 Å². The lowest BCUT2D eigenvalue weighted by Crippen LogP contribution is -2.32. The lowest BCUT2D eigenvalue weighted by molar-refractivity contribution is -0.117. The van der Waals surface area contributed by atoms with Crippen molar-refractivity contribution in [1.29, 1.82) is 0 Å². The highest BCUT2D eigenvalue weighted by Gasteiger charge is 2.12. The van der Waals surface area contributed by atoms with E-state index in [1.165, 1.54) is 18.2 Å². The average molecular weight is 286 g/mol. The van der Waals surface area contributed by atoms with Gasteiger partial charge < -0.3 is 21.5 Å². The summed E-state index contributed by atoms with van der Waals surface area (Å²) in [6.45, 7) is 0.0597. The molecular weight excluding hydrogens is 274 g/mol. The van der Waals surface area contributed by atoms with Crippen LogP contribution in [0.25, 0.3) is 0 Å². The monoisotopic (exact) mass is 285 g/mol. The molecule has 0 atom stereocenters. The van der Waals surface area contributed by atoms with E-state index in [1.807, 2.05) is 0 Å². The Balaban J connectivity index is 2.70. The molecular formula is C11H12ClN3O4. The number of aromatic carboxylic acids is 1. The molecule has 0 aliphatic heterocycles. The van der Waals surface area contributed by atoms with Gasteiger partial charge >= 0.3 is 12.0 Å². The van der Waals surface area contributed by atoms with E-state index in [-0.39, 0.29) is 29.2 Å². The maximum Gasteiger partial charge on any atom is 0.337 e. The van der Waals surface area contributed by atoms with Crippen molar-refractivity contribution in [2.24, 2.45) is 5.73 Å². The predicted molar refractivity (Wildman–Crippen MR) is 69.2 cm³/mol. The van der Waals surface area contributed by atoms with Gasteiger partial charge in [0, 0.05) is 18.0 Å². The van der Waals surface area contributed by atoms with Gasteiger partial charge in [-0.05, 0) is 18.2 Å². The number of rotatable bonds is 5. The van der Waals surface area contributed by atoms with E-state index < -0.39 is 17.9 Å². The number of primary amides is 1. The van der Waals surface area contributed by atoms with Crippen molar-refractivity contribution in [1.82, 2.24) is 5.32 Å². The van der Waals surface area contributed by atoms with Gasteiger partial charge in [-0.3, -0.25) is 4.79 Å². The molecule has 8 heteroatoms. The minimum atomic E-state index is -1.19. The summed E-state index contributed by atoms with van der Waals surface area (Å²) in [6.07, 6.45) is -0.00520. The molecule has 5 N–H and O–H groups in total.